The van der Waals surface area contributed by atoms with Crippen LogP contribution in [0.2, 0.25) is 0 Å². The molecule has 2 aromatic carbocycles. The van der Waals surface area contributed by atoms with Gasteiger partial charge in [-0.05, 0) is 34.9 Å². The Morgan fingerprint density at radius 3 is 2.59 bits per heavy atom. The molecule has 0 aliphatic rings. The van der Waals surface area contributed by atoms with Crippen molar-refractivity contribution in [1.82, 2.24) is 0 Å². The molecule has 0 saturated heterocycles. The first-order valence-electron chi connectivity index (χ1n) is 5.12. The lowest BCUT2D eigenvalue weighted by molar-refractivity contribution is 0.483. The first kappa shape index (κ1) is 11.8. The summed E-state index contributed by atoms with van der Waals surface area (Å²) in [7, 11) is -4.17. The summed E-state index contributed by atoms with van der Waals surface area (Å²) in [5.74, 6) is 0. The van der Waals surface area contributed by atoms with Gasteiger partial charge in [0.15, 0.2) is 0 Å². The van der Waals surface area contributed by atoms with Crippen molar-refractivity contribution >= 4 is 20.9 Å². The van der Waals surface area contributed by atoms with Crippen LogP contribution in [-0.4, -0.2) is 13.0 Å². The van der Waals surface area contributed by atoms with Gasteiger partial charge in [0.1, 0.15) is 0 Å². The first-order valence-corrected chi connectivity index (χ1v) is 6.56. The maximum atomic E-state index is 11.2. The molecule has 1 N–H and O–H groups in total. The van der Waals surface area contributed by atoms with Crippen LogP contribution < -0.4 is 0 Å². The van der Waals surface area contributed by atoms with Crippen molar-refractivity contribution in [3.05, 3.63) is 54.6 Å². The third-order valence-corrected chi connectivity index (χ3v) is 3.41. The lowest BCUT2D eigenvalue weighted by Crippen LogP contribution is -1.99. The standard InChI is InChI=1S/C13H12O3S/c1-2-5-10-8-12(17(14,15)16)9-11-6-3-4-7-13(10)11/h2-4,6-9H,1,5H2,(H,14,15,16). The van der Waals surface area contributed by atoms with Crippen LogP contribution in [0.4, 0.5) is 0 Å². The lowest BCUT2D eigenvalue weighted by atomic mass is 10.0. The number of fused-ring (bicyclic) bond motifs is 1. The first-order chi connectivity index (χ1) is 8.02. The normalized spacial score (nSPS) is 11.6. The van der Waals surface area contributed by atoms with Gasteiger partial charge in [-0.1, -0.05) is 30.3 Å². The molecule has 0 atom stereocenters. The molecule has 0 unspecified atom stereocenters. The molecule has 0 fully saturated rings. The molecule has 2 rings (SSSR count). The van der Waals surface area contributed by atoms with Gasteiger partial charge in [0.2, 0.25) is 0 Å². The van der Waals surface area contributed by atoms with E-state index < -0.39 is 10.1 Å². The molecule has 0 saturated carbocycles. The van der Waals surface area contributed by atoms with E-state index in [9.17, 15) is 8.42 Å². The van der Waals surface area contributed by atoms with Crippen molar-refractivity contribution < 1.29 is 13.0 Å². The predicted octanol–water partition coefficient (Wildman–Crippen LogP) is 2.82. The molecular weight excluding hydrogens is 236 g/mol. The number of rotatable bonds is 3. The topological polar surface area (TPSA) is 54.4 Å². The maximum Gasteiger partial charge on any atom is 0.294 e. The third-order valence-electron chi connectivity index (χ3n) is 2.58. The Morgan fingerprint density at radius 2 is 1.94 bits per heavy atom. The number of hydrogen-bond donors (Lipinski definition) is 1. The van der Waals surface area contributed by atoms with E-state index >= 15 is 0 Å². The van der Waals surface area contributed by atoms with Crippen molar-refractivity contribution in [2.45, 2.75) is 11.3 Å². The van der Waals surface area contributed by atoms with Crippen LogP contribution in [-0.2, 0) is 16.5 Å². The second-order valence-electron chi connectivity index (χ2n) is 3.77. The smallest absolute Gasteiger partial charge is 0.282 e. The van der Waals surface area contributed by atoms with Gasteiger partial charge < -0.3 is 0 Å². The van der Waals surface area contributed by atoms with Crippen LogP contribution in [0.5, 0.6) is 0 Å². The molecule has 0 heterocycles. The van der Waals surface area contributed by atoms with E-state index in [1.54, 1.807) is 6.08 Å². The maximum absolute atomic E-state index is 11.2. The van der Waals surface area contributed by atoms with Gasteiger partial charge in [0, 0.05) is 0 Å². The van der Waals surface area contributed by atoms with Crippen molar-refractivity contribution in [2.75, 3.05) is 0 Å². The summed E-state index contributed by atoms with van der Waals surface area (Å²) in [4.78, 5) is -0.0759. The van der Waals surface area contributed by atoms with E-state index in [0.717, 1.165) is 16.3 Å². The summed E-state index contributed by atoms with van der Waals surface area (Å²) in [6.45, 7) is 3.64. The predicted molar refractivity (Wildman–Crippen MR) is 67.7 cm³/mol. The molecule has 2 aromatic rings. The second kappa shape index (κ2) is 4.31. The zero-order valence-corrected chi connectivity index (χ0v) is 9.94. The summed E-state index contributed by atoms with van der Waals surface area (Å²) in [5.41, 5.74) is 0.839. The average Bonchev–Trinajstić information content (AvgIpc) is 2.28. The molecule has 17 heavy (non-hydrogen) atoms. The molecule has 0 radical (unpaired) electrons. The largest absolute Gasteiger partial charge is 0.294 e. The highest BCUT2D eigenvalue weighted by Gasteiger charge is 2.12. The zero-order valence-electron chi connectivity index (χ0n) is 9.13. The minimum absolute atomic E-state index is 0.0759. The lowest BCUT2D eigenvalue weighted by Gasteiger charge is -2.07. The Balaban J connectivity index is 2.80. The van der Waals surface area contributed by atoms with Gasteiger partial charge in [0.25, 0.3) is 10.1 Å². The van der Waals surface area contributed by atoms with Crippen molar-refractivity contribution in [3.63, 3.8) is 0 Å². The SMILES string of the molecule is C=CCc1cc(S(=O)(=O)O)cc2ccccc12. The summed E-state index contributed by atoms with van der Waals surface area (Å²) < 4.78 is 31.4. The monoisotopic (exact) mass is 248 g/mol. The Kier molecular flexibility index (Phi) is 3.00. The van der Waals surface area contributed by atoms with E-state index in [2.05, 4.69) is 6.58 Å². The van der Waals surface area contributed by atoms with Gasteiger partial charge in [-0.3, -0.25) is 4.55 Å². The molecule has 0 amide bonds. The highest BCUT2D eigenvalue weighted by atomic mass is 32.2. The summed E-state index contributed by atoms with van der Waals surface area (Å²) in [5, 5.41) is 1.76. The second-order valence-corrected chi connectivity index (χ2v) is 5.19. The van der Waals surface area contributed by atoms with Crippen LogP contribution in [0, 0.1) is 0 Å². The van der Waals surface area contributed by atoms with Crippen LogP contribution in [0.1, 0.15) is 5.56 Å². The molecule has 0 spiro atoms. The van der Waals surface area contributed by atoms with Crippen molar-refractivity contribution in [1.29, 1.82) is 0 Å². The van der Waals surface area contributed by atoms with Crippen LogP contribution in [0.25, 0.3) is 10.8 Å². The Bertz CT molecular complexity index is 672. The Labute approximate surface area is 100 Å². The fourth-order valence-corrected chi connectivity index (χ4v) is 2.40. The van der Waals surface area contributed by atoms with Crippen molar-refractivity contribution in [2.24, 2.45) is 0 Å². The number of hydrogen-bond acceptors (Lipinski definition) is 2. The minimum Gasteiger partial charge on any atom is -0.282 e. The quantitative estimate of drug-likeness (QED) is 0.671. The zero-order chi connectivity index (χ0) is 12.5. The minimum atomic E-state index is -4.17. The molecule has 0 aromatic heterocycles. The third kappa shape index (κ3) is 2.38. The fourth-order valence-electron chi connectivity index (χ4n) is 1.83. The Morgan fingerprint density at radius 1 is 1.24 bits per heavy atom. The average molecular weight is 248 g/mol. The van der Waals surface area contributed by atoms with Gasteiger partial charge >= 0.3 is 0 Å². The molecule has 0 aliphatic carbocycles. The van der Waals surface area contributed by atoms with E-state index in [1.165, 1.54) is 12.1 Å². The summed E-state index contributed by atoms with van der Waals surface area (Å²) >= 11 is 0. The molecule has 3 nitrogen and oxygen atoms in total. The molecular formula is C13H12O3S. The Hall–Kier alpha value is -1.65. The molecule has 0 bridgehead atoms. The highest BCUT2D eigenvalue weighted by Crippen LogP contribution is 2.24. The molecule has 88 valence electrons. The van der Waals surface area contributed by atoms with E-state index in [4.69, 9.17) is 4.55 Å². The van der Waals surface area contributed by atoms with Gasteiger partial charge in [0.05, 0.1) is 4.90 Å². The van der Waals surface area contributed by atoms with Crippen LogP contribution in [0.3, 0.4) is 0 Å². The number of allylic oxidation sites excluding steroid dienone is 1. The van der Waals surface area contributed by atoms with Crippen molar-refractivity contribution in [3.8, 4) is 0 Å². The number of benzene rings is 2. The van der Waals surface area contributed by atoms with Gasteiger partial charge in [-0.2, -0.15) is 8.42 Å². The highest BCUT2D eigenvalue weighted by molar-refractivity contribution is 7.85. The van der Waals surface area contributed by atoms with Crippen LogP contribution in [0.15, 0.2) is 53.9 Å². The summed E-state index contributed by atoms with van der Waals surface area (Å²) in [6, 6.07) is 10.4. The molecule has 4 heteroatoms. The van der Waals surface area contributed by atoms with E-state index in [1.807, 2.05) is 24.3 Å². The fraction of sp³-hybridized carbons (Fsp3) is 0.0769. The van der Waals surface area contributed by atoms with Crippen LogP contribution >= 0.6 is 0 Å². The summed E-state index contributed by atoms with van der Waals surface area (Å²) in [6.07, 6.45) is 2.26. The molecule has 0 aliphatic heterocycles. The van der Waals surface area contributed by atoms with Gasteiger partial charge in [-0.15, -0.1) is 6.58 Å². The van der Waals surface area contributed by atoms with E-state index in [0.29, 0.717) is 6.42 Å². The van der Waals surface area contributed by atoms with E-state index in [-0.39, 0.29) is 4.90 Å². The van der Waals surface area contributed by atoms with Gasteiger partial charge in [-0.25, -0.2) is 0 Å².